The van der Waals surface area contributed by atoms with Crippen LogP contribution in [0.5, 0.6) is 0 Å². The number of fused-ring (bicyclic) bond motifs is 4. The van der Waals surface area contributed by atoms with E-state index in [1.54, 1.807) is 33.0 Å². The summed E-state index contributed by atoms with van der Waals surface area (Å²) in [4.78, 5) is 0. The van der Waals surface area contributed by atoms with Crippen LogP contribution in [0.25, 0.3) is 28.3 Å². The zero-order chi connectivity index (χ0) is 24.2. The quantitative estimate of drug-likeness (QED) is 0.264. The van der Waals surface area contributed by atoms with Crippen LogP contribution in [0.3, 0.4) is 0 Å². The van der Waals surface area contributed by atoms with Crippen molar-refractivity contribution >= 4 is 25.6 Å². The zero-order valence-electron chi connectivity index (χ0n) is 22.1. The van der Waals surface area contributed by atoms with Gasteiger partial charge in [-0.1, -0.05) is 0 Å². The fraction of sp³-hybridized carbons (Fsp3) is 0.235. The second-order valence-corrected chi connectivity index (χ2v) is 25.7. The van der Waals surface area contributed by atoms with Crippen molar-refractivity contribution in [3.05, 3.63) is 107 Å². The third-order valence-corrected chi connectivity index (χ3v) is 31.0. The minimum absolute atomic E-state index is 0. The molecule has 0 fully saturated rings. The van der Waals surface area contributed by atoms with Crippen molar-refractivity contribution in [1.82, 2.24) is 0 Å². The van der Waals surface area contributed by atoms with Gasteiger partial charge in [0.25, 0.3) is 0 Å². The van der Waals surface area contributed by atoms with Crippen LogP contribution in [-0.2, 0) is 27.3 Å². The van der Waals surface area contributed by atoms with Crippen LogP contribution in [0.1, 0.15) is 59.8 Å². The molecule has 0 N–H and O–H groups in total. The number of allylic oxidation sites excluding steroid dienone is 1. The second-order valence-electron chi connectivity index (χ2n) is 10.7. The first-order valence-corrected chi connectivity index (χ1v) is 22.5. The van der Waals surface area contributed by atoms with E-state index in [0.717, 1.165) is 10.0 Å². The molecular formula is C34H33Cl2SiZr. The Morgan fingerprint density at radius 2 is 1.50 bits per heavy atom. The third-order valence-electron chi connectivity index (χ3n) is 8.67. The smallest absolute Gasteiger partial charge is 1.00 e. The fourth-order valence-corrected chi connectivity index (χ4v) is 33.4. The molecule has 3 aliphatic rings. The van der Waals surface area contributed by atoms with E-state index in [0.29, 0.717) is 0 Å². The maximum atomic E-state index is 2.68. The van der Waals surface area contributed by atoms with Crippen molar-refractivity contribution in [2.75, 3.05) is 0 Å². The first kappa shape index (κ1) is 27.9. The molecule has 0 saturated heterocycles. The van der Waals surface area contributed by atoms with Gasteiger partial charge in [-0.15, -0.1) is 0 Å². The Bertz CT molecular complexity index is 1510. The van der Waals surface area contributed by atoms with E-state index in [9.17, 15) is 0 Å². The molecule has 38 heavy (non-hydrogen) atoms. The van der Waals surface area contributed by atoms with Gasteiger partial charge in [-0.2, -0.15) is 0 Å². The van der Waals surface area contributed by atoms with Crippen molar-refractivity contribution in [2.24, 2.45) is 0 Å². The summed E-state index contributed by atoms with van der Waals surface area (Å²) in [5, 5.41) is 3.61. The van der Waals surface area contributed by atoms with E-state index >= 15 is 0 Å². The Kier molecular flexibility index (Phi) is 8.37. The van der Waals surface area contributed by atoms with Gasteiger partial charge in [0.15, 0.2) is 0 Å². The van der Waals surface area contributed by atoms with Gasteiger partial charge in [0.05, 0.1) is 0 Å². The average molecular weight is 632 g/mol. The number of benzene rings is 4. The summed E-state index contributed by atoms with van der Waals surface area (Å²) >= 11 is -1.93. The molecule has 0 radical (unpaired) electrons. The fourth-order valence-electron chi connectivity index (χ4n) is 7.18. The van der Waals surface area contributed by atoms with E-state index in [-0.39, 0.29) is 24.8 Å². The van der Waals surface area contributed by atoms with Crippen LogP contribution in [0, 0.1) is 0 Å². The molecule has 0 amide bonds. The van der Waals surface area contributed by atoms with Crippen molar-refractivity contribution in [2.45, 2.75) is 49.6 Å². The number of aryl methyl sites for hydroxylation is 1. The van der Waals surface area contributed by atoms with E-state index in [1.165, 1.54) is 42.4 Å². The first-order chi connectivity index (χ1) is 17.8. The summed E-state index contributed by atoms with van der Waals surface area (Å²) in [6.07, 6.45) is 8.89. The van der Waals surface area contributed by atoms with Gasteiger partial charge < -0.3 is 24.8 Å². The standard InChI is InChI=1S/C22H25.C12H8Si.2ClH.Zr/c1-3-5-10-17-15-20-14-13-18(9-4-2)22(21(20)16-17)19-11-7-6-8-12-19;1-3-7-11-9(5-1)10-6-2-4-8-12(10)13-11;;;/h6-8,11-16H,3-5,9-10H2,1-2H3;1-7,13H;2*1H;/q;;;;+2/p-2. The van der Waals surface area contributed by atoms with E-state index in [4.69, 9.17) is 0 Å². The summed E-state index contributed by atoms with van der Waals surface area (Å²) in [7, 11) is 0. The largest absolute Gasteiger partial charge is 1.00 e. The summed E-state index contributed by atoms with van der Waals surface area (Å²) in [6, 6.07) is 33.1. The van der Waals surface area contributed by atoms with Crippen LogP contribution in [0.2, 0.25) is 0 Å². The minimum atomic E-state index is -1.93. The van der Waals surface area contributed by atoms with Crippen molar-refractivity contribution in [3.63, 3.8) is 0 Å². The molecule has 2 heterocycles. The number of hydrogen-bond acceptors (Lipinski definition) is 0. The van der Waals surface area contributed by atoms with Gasteiger partial charge in [0.1, 0.15) is 0 Å². The van der Waals surface area contributed by atoms with Gasteiger partial charge in [0.2, 0.25) is 0 Å². The minimum Gasteiger partial charge on any atom is -1.00 e. The van der Waals surface area contributed by atoms with Gasteiger partial charge in [-0.3, -0.25) is 0 Å². The topological polar surface area (TPSA) is 0 Å². The molecule has 0 bridgehead atoms. The Morgan fingerprint density at radius 3 is 2.29 bits per heavy atom. The molecule has 0 saturated carbocycles. The van der Waals surface area contributed by atoms with Gasteiger partial charge in [-0.05, 0) is 0 Å². The third kappa shape index (κ3) is 4.19. The Morgan fingerprint density at radius 1 is 0.737 bits per heavy atom. The van der Waals surface area contributed by atoms with Crippen molar-refractivity contribution < 1.29 is 45.7 Å². The Hall–Kier alpha value is -1.70. The monoisotopic (exact) mass is 629 g/mol. The molecule has 2 unspecified atom stereocenters. The van der Waals surface area contributed by atoms with Crippen LogP contribution in [0.15, 0.2) is 90.5 Å². The molecule has 7 rings (SSSR count). The molecular weight excluding hydrogens is 599 g/mol. The molecule has 4 aromatic carbocycles. The van der Waals surface area contributed by atoms with Gasteiger partial charge >= 0.3 is 226 Å². The van der Waals surface area contributed by atoms with Crippen LogP contribution in [0.4, 0.5) is 0 Å². The predicted molar refractivity (Wildman–Crippen MR) is 154 cm³/mol. The van der Waals surface area contributed by atoms with Crippen LogP contribution >= 0.6 is 0 Å². The maximum absolute atomic E-state index is 2.68. The van der Waals surface area contributed by atoms with E-state index < -0.39 is 26.8 Å². The molecule has 4 heteroatoms. The number of halogens is 2. The van der Waals surface area contributed by atoms with E-state index in [2.05, 4.69) is 105 Å². The molecule has 0 aromatic heterocycles. The molecule has 1 aliphatic carbocycles. The average Bonchev–Trinajstić information content (AvgIpc) is 3.43. The summed E-state index contributed by atoms with van der Waals surface area (Å²) < 4.78 is 2.58. The number of unbranched alkanes of at least 4 members (excludes halogenated alkanes) is 1. The summed E-state index contributed by atoms with van der Waals surface area (Å²) in [6.45, 7) is 4.66. The molecule has 2 atom stereocenters. The first-order valence-electron chi connectivity index (χ1n) is 13.8. The molecule has 0 spiro atoms. The summed E-state index contributed by atoms with van der Waals surface area (Å²) in [5.41, 5.74) is 12.6. The second kappa shape index (κ2) is 11.4. The Labute approximate surface area is 248 Å². The molecule has 4 aromatic rings. The summed E-state index contributed by atoms with van der Waals surface area (Å²) in [5.74, 6) is -1.04. The van der Waals surface area contributed by atoms with Gasteiger partial charge in [0, 0.05) is 0 Å². The number of rotatable bonds is 7. The molecule has 191 valence electrons. The van der Waals surface area contributed by atoms with Crippen LogP contribution < -0.4 is 38.5 Å². The van der Waals surface area contributed by atoms with Crippen LogP contribution in [-0.4, -0.2) is 5.92 Å². The Balaban J connectivity index is 0.00000147. The predicted octanol–water partition coefficient (Wildman–Crippen LogP) is 0.718. The van der Waals surface area contributed by atoms with E-state index in [1.807, 2.05) is 8.46 Å². The molecule has 2 aliphatic heterocycles. The zero-order valence-corrected chi connectivity index (χ0v) is 27.2. The van der Waals surface area contributed by atoms with Crippen molar-refractivity contribution in [3.8, 4) is 22.3 Å². The SMILES string of the molecule is CCCCC1=Cc2c(ccc(CCC)c2-c2ccccc2)[CH]1[Zr+2]1[c]2cccc3c2[SiH]1c1ccccc1-3.[Cl-].[Cl-]. The normalized spacial score (nSPS) is 17.4. The van der Waals surface area contributed by atoms with Crippen molar-refractivity contribution in [1.29, 1.82) is 0 Å². The van der Waals surface area contributed by atoms with Gasteiger partial charge in [-0.25, -0.2) is 0 Å². The maximum Gasteiger partial charge on any atom is -1.00 e. The number of hydrogen-bond donors (Lipinski definition) is 0. The molecule has 0 nitrogen and oxygen atoms in total.